The molecular weight excluding hydrogens is 268 g/mol. The summed E-state index contributed by atoms with van der Waals surface area (Å²) in [4.78, 5) is 0. The van der Waals surface area contributed by atoms with Gasteiger partial charge in [-0.15, -0.1) is 0 Å². The molecule has 0 aliphatic heterocycles. The molecule has 3 heteroatoms. The van der Waals surface area contributed by atoms with Crippen molar-refractivity contribution in [2.75, 3.05) is 13.7 Å². The van der Waals surface area contributed by atoms with Crippen molar-refractivity contribution in [1.82, 2.24) is 0 Å². The maximum Gasteiger partial charge on any atom is 0.133 e. The summed E-state index contributed by atoms with van der Waals surface area (Å²) in [6.07, 6.45) is 3.61. The van der Waals surface area contributed by atoms with Crippen LogP contribution in [0.25, 0.3) is 0 Å². The maximum atomic E-state index is 5.71. The Morgan fingerprint density at radius 3 is 2.69 bits per heavy atom. The van der Waals surface area contributed by atoms with E-state index in [-0.39, 0.29) is 6.10 Å². The van der Waals surface area contributed by atoms with E-state index in [1.54, 1.807) is 7.11 Å². The summed E-state index contributed by atoms with van der Waals surface area (Å²) < 4.78 is 12.1. The molecule has 90 valence electrons. The number of benzene rings is 1. The predicted molar refractivity (Wildman–Crippen MR) is 70.0 cm³/mol. The summed E-state index contributed by atoms with van der Waals surface area (Å²) >= 11 is 3.46. The van der Waals surface area contributed by atoms with Crippen molar-refractivity contribution < 1.29 is 9.47 Å². The minimum absolute atomic E-state index is 0.187. The Hall–Kier alpha value is -0.540. The number of rotatable bonds is 7. The average molecular weight is 287 g/mol. The minimum atomic E-state index is 0.187. The lowest BCUT2D eigenvalue weighted by Gasteiger charge is -2.16. The summed E-state index contributed by atoms with van der Waals surface area (Å²) in [5, 5.41) is 0. The van der Waals surface area contributed by atoms with Crippen molar-refractivity contribution in [3.63, 3.8) is 0 Å². The number of hydrogen-bond acceptors (Lipinski definition) is 2. The van der Waals surface area contributed by atoms with Crippen LogP contribution in [0, 0.1) is 0 Å². The van der Waals surface area contributed by atoms with Crippen molar-refractivity contribution >= 4 is 15.9 Å². The van der Waals surface area contributed by atoms with E-state index in [9.17, 15) is 0 Å². The van der Waals surface area contributed by atoms with Gasteiger partial charge in [-0.2, -0.15) is 0 Å². The number of unbranched alkanes of at least 4 members (excludes halogenated alkanes) is 1. The molecule has 0 saturated heterocycles. The Labute approximate surface area is 106 Å². The molecular formula is C13H19BrO2. The Balaban J connectivity index is 2.40. The van der Waals surface area contributed by atoms with Gasteiger partial charge in [0, 0.05) is 7.11 Å². The van der Waals surface area contributed by atoms with E-state index in [1.807, 2.05) is 24.3 Å². The van der Waals surface area contributed by atoms with Gasteiger partial charge in [0.15, 0.2) is 0 Å². The van der Waals surface area contributed by atoms with Gasteiger partial charge in [-0.25, -0.2) is 0 Å². The molecule has 0 aliphatic carbocycles. The molecule has 1 rings (SSSR count). The number of hydrogen-bond donors (Lipinski definition) is 0. The lowest BCUT2D eigenvalue weighted by Crippen LogP contribution is -2.20. The largest absolute Gasteiger partial charge is 0.490 e. The standard InChI is InChI=1S/C13H19BrO2/c1-3-4-7-11(15-2)10-16-13-9-6-5-8-12(13)14/h5-6,8-9,11H,3-4,7,10H2,1-2H3. The number of para-hydroxylation sites is 1. The van der Waals surface area contributed by atoms with Crippen LogP contribution in [0.3, 0.4) is 0 Å². The molecule has 0 bridgehead atoms. The second-order valence-corrected chi connectivity index (χ2v) is 4.60. The van der Waals surface area contributed by atoms with Crippen molar-refractivity contribution in [2.24, 2.45) is 0 Å². The molecule has 16 heavy (non-hydrogen) atoms. The highest BCUT2D eigenvalue weighted by molar-refractivity contribution is 9.10. The normalized spacial score (nSPS) is 12.4. The fourth-order valence-electron chi connectivity index (χ4n) is 1.45. The third-order valence-corrected chi connectivity index (χ3v) is 3.13. The zero-order chi connectivity index (χ0) is 11.8. The van der Waals surface area contributed by atoms with Gasteiger partial charge in [0.25, 0.3) is 0 Å². The van der Waals surface area contributed by atoms with E-state index in [0.29, 0.717) is 6.61 Å². The molecule has 0 fully saturated rings. The van der Waals surface area contributed by atoms with Crippen LogP contribution in [0.4, 0.5) is 0 Å². The fourth-order valence-corrected chi connectivity index (χ4v) is 1.84. The van der Waals surface area contributed by atoms with Gasteiger partial charge >= 0.3 is 0 Å². The summed E-state index contributed by atoms with van der Waals surface area (Å²) in [5.74, 6) is 0.876. The molecule has 0 radical (unpaired) electrons. The zero-order valence-electron chi connectivity index (χ0n) is 9.91. The molecule has 0 aromatic heterocycles. The quantitative estimate of drug-likeness (QED) is 0.753. The molecule has 0 spiro atoms. The van der Waals surface area contributed by atoms with E-state index in [0.717, 1.165) is 16.6 Å². The molecule has 1 unspecified atom stereocenters. The van der Waals surface area contributed by atoms with Gasteiger partial charge in [0.05, 0.1) is 10.6 Å². The Morgan fingerprint density at radius 2 is 2.06 bits per heavy atom. The highest BCUT2D eigenvalue weighted by atomic mass is 79.9. The van der Waals surface area contributed by atoms with E-state index >= 15 is 0 Å². The van der Waals surface area contributed by atoms with Crippen molar-refractivity contribution in [1.29, 1.82) is 0 Å². The third-order valence-electron chi connectivity index (χ3n) is 2.47. The molecule has 2 nitrogen and oxygen atoms in total. The topological polar surface area (TPSA) is 18.5 Å². The highest BCUT2D eigenvalue weighted by Crippen LogP contribution is 2.24. The SMILES string of the molecule is CCCCC(COc1ccccc1Br)OC. The van der Waals surface area contributed by atoms with E-state index in [2.05, 4.69) is 22.9 Å². The molecule has 1 aromatic rings. The van der Waals surface area contributed by atoms with Crippen LogP contribution in [0.15, 0.2) is 28.7 Å². The number of methoxy groups -OCH3 is 1. The second-order valence-electron chi connectivity index (χ2n) is 3.74. The molecule has 0 N–H and O–H groups in total. The lowest BCUT2D eigenvalue weighted by atomic mass is 10.2. The molecule has 1 atom stereocenters. The first-order valence-electron chi connectivity index (χ1n) is 5.68. The minimum Gasteiger partial charge on any atom is -0.490 e. The number of ether oxygens (including phenoxy) is 2. The van der Waals surface area contributed by atoms with Crippen LogP contribution >= 0.6 is 15.9 Å². The van der Waals surface area contributed by atoms with Crippen LogP contribution < -0.4 is 4.74 Å². The highest BCUT2D eigenvalue weighted by Gasteiger charge is 2.08. The first kappa shape index (κ1) is 13.5. The van der Waals surface area contributed by atoms with Crippen LogP contribution in [0.1, 0.15) is 26.2 Å². The third kappa shape index (κ3) is 4.54. The summed E-state index contributed by atoms with van der Waals surface area (Å²) in [7, 11) is 1.74. The van der Waals surface area contributed by atoms with Crippen molar-refractivity contribution in [3.05, 3.63) is 28.7 Å². The Kier molecular flexibility index (Phi) is 6.50. The summed E-state index contributed by atoms with van der Waals surface area (Å²) in [6.45, 7) is 2.79. The number of halogens is 1. The smallest absolute Gasteiger partial charge is 0.133 e. The second kappa shape index (κ2) is 7.69. The van der Waals surface area contributed by atoms with Gasteiger partial charge in [-0.05, 0) is 34.5 Å². The Morgan fingerprint density at radius 1 is 1.31 bits per heavy atom. The van der Waals surface area contributed by atoms with Crippen molar-refractivity contribution in [2.45, 2.75) is 32.3 Å². The van der Waals surface area contributed by atoms with Crippen LogP contribution in [0.5, 0.6) is 5.75 Å². The molecule has 0 saturated carbocycles. The lowest BCUT2D eigenvalue weighted by molar-refractivity contribution is 0.0503. The first-order chi connectivity index (χ1) is 7.77. The van der Waals surface area contributed by atoms with E-state index in [1.165, 1.54) is 12.8 Å². The van der Waals surface area contributed by atoms with Crippen LogP contribution in [-0.2, 0) is 4.74 Å². The molecule has 0 aliphatic rings. The maximum absolute atomic E-state index is 5.71. The van der Waals surface area contributed by atoms with Crippen LogP contribution in [0.2, 0.25) is 0 Å². The van der Waals surface area contributed by atoms with Crippen LogP contribution in [-0.4, -0.2) is 19.8 Å². The fraction of sp³-hybridized carbons (Fsp3) is 0.538. The van der Waals surface area contributed by atoms with Crippen molar-refractivity contribution in [3.8, 4) is 5.75 Å². The molecule has 0 amide bonds. The zero-order valence-corrected chi connectivity index (χ0v) is 11.5. The summed E-state index contributed by atoms with van der Waals surface area (Å²) in [6, 6.07) is 7.87. The monoisotopic (exact) mass is 286 g/mol. The molecule has 0 heterocycles. The van der Waals surface area contributed by atoms with Gasteiger partial charge in [0.2, 0.25) is 0 Å². The Bertz CT molecular complexity index is 302. The van der Waals surface area contributed by atoms with E-state index < -0.39 is 0 Å². The average Bonchev–Trinajstić information content (AvgIpc) is 2.31. The molecule has 1 aromatic carbocycles. The van der Waals surface area contributed by atoms with Gasteiger partial charge < -0.3 is 9.47 Å². The first-order valence-corrected chi connectivity index (χ1v) is 6.47. The summed E-state index contributed by atoms with van der Waals surface area (Å²) in [5.41, 5.74) is 0. The van der Waals surface area contributed by atoms with Gasteiger partial charge in [-0.1, -0.05) is 31.9 Å². The predicted octanol–water partition coefficient (Wildman–Crippen LogP) is 4.03. The van der Waals surface area contributed by atoms with Gasteiger partial charge in [0.1, 0.15) is 12.4 Å². The van der Waals surface area contributed by atoms with Gasteiger partial charge in [-0.3, -0.25) is 0 Å². The van der Waals surface area contributed by atoms with E-state index in [4.69, 9.17) is 9.47 Å².